The lowest BCUT2D eigenvalue weighted by atomic mass is 10.1. The molecule has 4 aromatic rings. The van der Waals surface area contributed by atoms with Gasteiger partial charge in [0.05, 0.1) is 23.2 Å². The number of H-pyrrole nitrogens is 1. The lowest BCUT2D eigenvalue weighted by molar-refractivity contribution is 0.0937. The lowest BCUT2D eigenvalue weighted by Gasteiger charge is -2.17. The van der Waals surface area contributed by atoms with Crippen molar-refractivity contribution in [1.82, 2.24) is 20.2 Å². The number of likely N-dealkylation sites (tertiary alicyclic amines) is 1. The number of carbonyl (C=O) groups is 1. The van der Waals surface area contributed by atoms with Crippen LogP contribution in [0.2, 0.25) is 5.02 Å². The molecule has 0 bridgehead atoms. The van der Waals surface area contributed by atoms with Gasteiger partial charge in [0.15, 0.2) is 0 Å². The number of amides is 1. The van der Waals surface area contributed by atoms with Crippen LogP contribution >= 0.6 is 11.6 Å². The van der Waals surface area contributed by atoms with Crippen molar-refractivity contribution >= 4 is 28.5 Å². The van der Waals surface area contributed by atoms with E-state index in [1.807, 2.05) is 43.3 Å². The molecule has 1 unspecified atom stereocenters. The highest BCUT2D eigenvalue weighted by atomic mass is 35.5. The van der Waals surface area contributed by atoms with Crippen molar-refractivity contribution in [3.63, 3.8) is 0 Å². The Balaban J connectivity index is 1.30. The second-order valence-electron chi connectivity index (χ2n) is 8.57. The van der Waals surface area contributed by atoms with E-state index in [9.17, 15) is 4.79 Å². The number of carbonyl (C=O) groups excluding carboxylic acids is 1. The SMILES string of the molecule is CCOc1cc(C(=O)NC2CCN(Cc3ccccc3)C2)ccc1-c1nc2ccc(Cl)cc2[nH]1. The Kier molecular flexibility index (Phi) is 6.52. The molecule has 174 valence electrons. The molecule has 0 saturated carbocycles. The first-order valence-corrected chi connectivity index (χ1v) is 12.0. The number of hydrogen-bond donors (Lipinski definition) is 2. The highest BCUT2D eigenvalue weighted by Gasteiger charge is 2.25. The maximum atomic E-state index is 13.0. The van der Waals surface area contributed by atoms with Crippen LogP contribution in [0.5, 0.6) is 5.75 Å². The Morgan fingerprint density at radius 2 is 2.03 bits per heavy atom. The molecule has 1 aliphatic rings. The number of aromatic amines is 1. The van der Waals surface area contributed by atoms with Crippen LogP contribution in [-0.4, -0.2) is 46.5 Å². The van der Waals surface area contributed by atoms with Crippen molar-refractivity contribution in [1.29, 1.82) is 0 Å². The topological polar surface area (TPSA) is 70.2 Å². The summed E-state index contributed by atoms with van der Waals surface area (Å²) in [4.78, 5) is 23.4. The summed E-state index contributed by atoms with van der Waals surface area (Å²) in [7, 11) is 0. The van der Waals surface area contributed by atoms with E-state index in [-0.39, 0.29) is 11.9 Å². The molecular weight excluding hydrogens is 448 g/mol. The van der Waals surface area contributed by atoms with E-state index in [0.29, 0.717) is 28.8 Å². The summed E-state index contributed by atoms with van der Waals surface area (Å²) in [5.74, 6) is 1.22. The smallest absolute Gasteiger partial charge is 0.251 e. The molecule has 0 spiro atoms. The summed E-state index contributed by atoms with van der Waals surface area (Å²) >= 11 is 6.11. The van der Waals surface area contributed by atoms with Gasteiger partial charge in [-0.15, -0.1) is 0 Å². The molecule has 2 heterocycles. The van der Waals surface area contributed by atoms with Gasteiger partial charge in [0.25, 0.3) is 5.91 Å². The molecule has 7 heteroatoms. The van der Waals surface area contributed by atoms with Crippen molar-refractivity contribution in [3.05, 3.63) is 82.9 Å². The molecule has 0 aliphatic carbocycles. The molecule has 3 aromatic carbocycles. The van der Waals surface area contributed by atoms with Gasteiger partial charge in [-0.3, -0.25) is 9.69 Å². The van der Waals surface area contributed by atoms with Crippen LogP contribution in [0.15, 0.2) is 66.7 Å². The average molecular weight is 475 g/mol. The zero-order valence-corrected chi connectivity index (χ0v) is 19.8. The number of halogens is 1. The second kappa shape index (κ2) is 9.87. The van der Waals surface area contributed by atoms with E-state index in [1.54, 1.807) is 6.07 Å². The minimum Gasteiger partial charge on any atom is -0.493 e. The summed E-state index contributed by atoms with van der Waals surface area (Å²) in [6, 6.07) is 21.6. The van der Waals surface area contributed by atoms with Gasteiger partial charge in [-0.05, 0) is 55.3 Å². The Morgan fingerprint density at radius 3 is 2.85 bits per heavy atom. The average Bonchev–Trinajstić information content (AvgIpc) is 3.46. The number of benzene rings is 3. The van der Waals surface area contributed by atoms with Gasteiger partial charge in [0.1, 0.15) is 11.6 Å². The van der Waals surface area contributed by atoms with Crippen LogP contribution in [-0.2, 0) is 6.54 Å². The molecule has 34 heavy (non-hydrogen) atoms. The number of imidazole rings is 1. The van der Waals surface area contributed by atoms with Crippen LogP contribution in [0.25, 0.3) is 22.4 Å². The Morgan fingerprint density at radius 1 is 1.18 bits per heavy atom. The summed E-state index contributed by atoms with van der Waals surface area (Å²) in [6.45, 7) is 5.13. The van der Waals surface area contributed by atoms with Crippen molar-refractivity contribution in [3.8, 4) is 17.1 Å². The van der Waals surface area contributed by atoms with Crippen molar-refractivity contribution < 1.29 is 9.53 Å². The normalized spacial score (nSPS) is 16.1. The Bertz CT molecular complexity index is 1300. The number of aromatic nitrogens is 2. The lowest BCUT2D eigenvalue weighted by Crippen LogP contribution is -2.37. The van der Waals surface area contributed by atoms with Gasteiger partial charge in [-0.1, -0.05) is 41.9 Å². The van der Waals surface area contributed by atoms with Gasteiger partial charge in [-0.25, -0.2) is 4.98 Å². The summed E-state index contributed by atoms with van der Waals surface area (Å²) < 4.78 is 5.88. The summed E-state index contributed by atoms with van der Waals surface area (Å²) in [6.07, 6.45) is 0.941. The minimum atomic E-state index is -0.0875. The molecule has 6 nitrogen and oxygen atoms in total. The van der Waals surface area contributed by atoms with Gasteiger partial charge in [-0.2, -0.15) is 0 Å². The largest absolute Gasteiger partial charge is 0.493 e. The third-order valence-electron chi connectivity index (χ3n) is 6.10. The molecule has 1 fully saturated rings. The van der Waals surface area contributed by atoms with Gasteiger partial charge < -0.3 is 15.0 Å². The van der Waals surface area contributed by atoms with Crippen molar-refractivity contribution in [2.45, 2.75) is 25.9 Å². The number of ether oxygens (including phenoxy) is 1. The number of nitrogens with one attached hydrogen (secondary N) is 2. The fourth-order valence-corrected chi connectivity index (χ4v) is 4.62. The maximum Gasteiger partial charge on any atom is 0.251 e. The van der Waals surface area contributed by atoms with E-state index in [1.165, 1.54) is 5.56 Å². The Hall–Kier alpha value is -3.35. The number of fused-ring (bicyclic) bond motifs is 1. The predicted octanol–water partition coefficient (Wildman–Crippen LogP) is 5.29. The molecule has 1 aliphatic heterocycles. The van der Waals surface area contributed by atoms with Gasteiger partial charge >= 0.3 is 0 Å². The molecule has 1 saturated heterocycles. The van der Waals surface area contributed by atoms with E-state index in [2.05, 4.69) is 44.5 Å². The molecular formula is C27H27ClN4O2. The fraction of sp³-hybridized carbons (Fsp3) is 0.259. The Labute approximate surface area is 203 Å². The van der Waals surface area contributed by atoms with E-state index >= 15 is 0 Å². The summed E-state index contributed by atoms with van der Waals surface area (Å²) in [5, 5.41) is 3.84. The van der Waals surface area contributed by atoms with Crippen LogP contribution in [0.4, 0.5) is 0 Å². The van der Waals surface area contributed by atoms with E-state index < -0.39 is 0 Å². The molecule has 5 rings (SSSR count). The maximum absolute atomic E-state index is 13.0. The summed E-state index contributed by atoms with van der Waals surface area (Å²) in [5.41, 5.74) is 4.35. The third kappa shape index (κ3) is 4.93. The predicted molar refractivity (Wildman–Crippen MR) is 135 cm³/mol. The highest BCUT2D eigenvalue weighted by Crippen LogP contribution is 2.31. The molecule has 2 N–H and O–H groups in total. The standard InChI is InChI=1S/C27H27ClN4O2/c1-2-34-25-14-19(8-10-22(25)26-30-23-11-9-20(28)15-24(23)31-26)27(33)29-21-12-13-32(17-21)16-18-6-4-3-5-7-18/h3-11,14-15,21H,2,12-13,16-17H2,1H3,(H,29,33)(H,30,31). The first-order valence-electron chi connectivity index (χ1n) is 11.6. The number of hydrogen-bond acceptors (Lipinski definition) is 4. The van der Waals surface area contributed by atoms with Crippen molar-refractivity contribution in [2.24, 2.45) is 0 Å². The first-order chi connectivity index (χ1) is 16.6. The van der Waals surface area contributed by atoms with Crippen LogP contribution in [0.1, 0.15) is 29.3 Å². The van der Waals surface area contributed by atoms with E-state index in [0.717, 1.165) is 42.7 Å². The van der Waals surface area contributed by atoms with Gasteiger partial charge in [0, 0.05) is 36.3 Å². The quantitative estimate of drug-likeness (QED) is 0.382. The van der Waals surface area contributed by atoms with Gasteiger partial charge in [0.2, 0.25) is 0 Å². The first kappa shape index (κ1) is 22.4. The highest BCUT2D eigenvalue weighted by molar-refractivity contribution is 6.31. The van der Waals surface area contributed by atoms with E-state index in [4.69, 9.17) is 16.3 Å². The van der Waals surface area contributed by atoms with Crippen LogP contribution < -0.4 is 10.1 Å². The number of nitrogens with zero attached hydrogens (tertiary/aromatic N) is 2. The fourth-order valence-electron chi connectivity index (χ4n) is 4.45. The number of rotatable bonds is 7. The minimum absolute atomic E-state index is 0.0875. The monoisotopic (exact) mass is 474 g/mol. The molecule has 1 aromatic heterocycles. The molecule has 1 amide bonds. The third-order valence-corrected chi connectivity index (χ3v) is 6.33. The van der Waals surface area contributed by atoms with Crippen LogP contribution in [0, 0.1) is 0 Å². The second-order valence-corrected chi connectivity index (χ2v) is 9.01. The zero-order valence-electron chi connectivity index (χ0n) is 19.1. The van der Waals surface area contributed by atoms with Crippen molar-refractivity contribution in [2.75, 3.05) is 19.7 Å². The molecule has 1 atom stereocenters. The zero-order chi connectivity index (χ0) is 23.5. The molecule has 0 radical (unpaired) electrons. The van der Waals surface area contributed by atoms with Crippen LogP contribution in [0.3, 0.4) is 0 Å².